The minimum atomic E-state index is -0.924. The van der Waals surface area contributed by atoms with Gasteiger partial charge in [0.05, 0.1) is 18.2 Å². The lowest BCUT2D eigenvalue weighted by Crippen LogP contribution is -1.96. The summed E-state index contributed by atoms with van der Waals surface area (Å²) in [4.78, 5) is 14.1. The second-order valence-electron chi connectivity index (χ2n) is 3.31. The van der Waals surface area contributed by atoms with Crippen LogP contribution in [0.2, 0.25) is 0 Å². The number of aromatic amines is 1. The predicted molar refractivity (Wildman–Crippen MR) is 56.5 cm³/mol. The number of benzene rings is 1. The van der Waals surface area contributed by atoms with Gasteiger partial charge in [0, 0.05) is 11.1 Å². The molecule has 1 aromatic carbocycles. The Morgan fingerprint density at radius 3 is 2.80 bits per heavy atom. The van der Waals surface area contributed by atoms with Gasteiger partial charge in [0.1, 0.15) is 5.75 Å². The number of para-hydroxylation sites is 1. The number of carboxylic acid groups (broad SMARTS) is 1. The molecule has 0 amide bonds. The van der Waals surface area contributed by atoms with Crippen LogP contribution in [0.3, 0.4) is 0 Å². The predicted octanol–water partition coefficient (Wildman–Crippen LogP) is 2.18. The fourth-order valence-corrected chi connectivity index (χ4v) is 1.77. The molecule has 2 N–H and O–H groups in total. The maximum Gasteiger partial charge on any atom is 0.338 e. The lowest BCUT2D eigenvalue weighted by molar-refractivity contribution is 0.0698. The summed E-state index contributed by atoms with van der Waals surface area (Å²) in [7, 11) is 1.56. The molecule has 15 heavy (non-hydrogen) atoms. The number of carboxylic acids is 1. The van der Waals surface area contributed by atoms with E-state index in [0.717, 1.165) is 5.52 Å². The van der Waals surface area contributed by atoms with Crippen LogP contribution in [0.4, 0.5) is 0 Å². The number of aromatic carboxylic acids is 1. The Morgan fingerprint density at radius 1 is 1.47 bits per heavy atom. The zero-order valence-electron chi connectivity index (χ0n) is 8.50. The van der Waals surface area contributed by atoms with E-state index in [-0.39, 0.29) is 0 Å². The number of nitrogens with one attached hydrogen (secondary N) is 1. The number of methoxy groups -OCH3 is 1. The molecular weight excluding hydrogens is 194 g/mol. The van der Waals surface area contributed by atoms with Crippen molar-refractivity contribution in [3.63, 3.8) is 0 Å². The first kappa shape index (κ1) is 9.58. The van der Waals surface area contributed by atoms with E-state index in [1.165, 1.54) is 0 Å². The highest BCUT2D eigenvalue weighted by Crippen LogP contribution is 2.29. The highest BCUT2D eigenvalue weighted by molar-refractivity contribution is 6.06. The van der Waals surface area contributed by atoms with Gasteiger partial charge >= 0.3 is 5.97 Å². The van der Waals surface area contributed by atoms with Crippen LogP contribution in [0.5, 0.6) is 5.75 Å². The Hall–Kier alpha value is -1.97. The average Bonchev–Trinajstić information content (AvgIpc) is 2.53. The number of aromatic nitrogens is 1. The number of rotatable bonds is 2. The minimum absolute atomic E-state index is 0.309. The Morgan fingerprint density at radius 2 is 2.20 bits per heavy atom. The van der Waals surface area contributed by atoms with E-state index in [0.29, 0.717) is 22.4 Å². The van der Waals surface area contributed by atoms with Gasteiger partial charge < -0.3 is 14.8 Å². The van der Waals surface area contributed by atoms with Crippen molar-refractivity contribution < 1.29 is 14.6 Å². The fourth-order valence-electron chi connectivity index (χ4n) is 1.77. The van der Waals surface area contributed by atoms with Gasteiger partial charge in [0.15, 0.2) is 0 Å². The third-order valence-electron chi connectivity index (χ3n) is 2.42. The van der Waals surface area contributed by atoms with Gasteiger partial charge in [-0.05, 0) is 13.0 Å². The fraction of sp³-hybridized carbons (Fsp3) is 0.182. The number of hydrogen-bond acceptors (Lipinski definition) is 2. The molecule has 4 heteroatoms. The van der Waals surface area contributed by atoms with Crippen LogP contribution in [-0.2, 0) is 0 Å². The largest absolute Gasteiger partial charge is 0.495 e. The third kappa shape index (κ3) is 1.34. The molecule has 78 valence electrons. The quantitative estimate of drug-likeness (QED) is 0.789. The monoisotopic (exact) mass is 205 g/mol. The number of ether oxygens (including phenoxy) is 1. The minimum Gasteiger partial charge on any atom is -0.495 e. The van der Waals surface area contributed by atoms with E-state index in [1.54, 1.807) is 32.2 Å². The van der Waals surface area contributed by atoms with Gasteiger partial charge in [-0.1, -0.05) is 12.1 Å². The van der Waals surface area contributed by atoms with Crippen LogP contribution in [0.25, 0.3) is 10.9 Å². The summed E-state index contributed by atoms with van der Waals surface area (Å²) in [5.74, 6) is -0.268. The normalized spacial score (nSPS) is 10.5. The van der Waals surface area contributed by atoms with Crippen LogP contribution in [0.1, 0.15) is 16.1 Å². The van der Waals surface area contributed by atoms with Crippen molar-refractivity contribution in [3.8, 4) is 5.75 Å². The molecule has 0 spiro atoms. The molecule has 0 aliphatic rings. The molecule has 0 aliphatic heterocycles. The smallest absolute Gasteiger partial charge is 0.338 e. The molecule has 0 saturated carbocycles. The Labute approximate surface area is 86.5 Å². The molecule has 0 saturated heterocycles. The molecule has 0 fully saturated rings. The zero-order chi connectivity index (χ0) is 11.0. The topological polar surface area (TPSA) is 62.3 Å². The van der Waals surface area contributed by atoms with Crippen LogP contribution < -0.4 is 4.74 Å². The van der Waals surface area contributed by atoms with Crippen molar-refractivity contribution in [2.75, 3.05) is 7.11 Å². The van der Waals surface area contributed by atoms with Gasteiger partial charge in [0.2, 0.25) is 0 Å². The molecule has 2 aromatic rings. The number of hydrogen-bond donors (Lipinski definition) is 2. The summed E-state index contributed by atoms with van der Waals surface area (Å²) in [6.07, 6.45) is 0. The summed E-state index contributed by atoms with van der Waals surface area (Å²) in [5.41, 5.74) is 1.68. The van der Waals surface area contributed by atoms with E-state index < -0.39 is 5.97 Å². The molecule has 0 bridgehead atoms. The van der Waals surface area contributed by atoms with Crippen LogP contribution in [0.15, 0.2) is 18.2 Å². The molecule has 0 unspecified atom stereocenters. The van der Waals surface area contributed by atoms with Gasteiger partial charge in [-0.2, -0.15) is 0 Å². The summed E-state index contributed by atoms with van der Waals surface area (Å²) in [6, 6.07) is 5.34. The SMILES string of the molecule is COc1cccc2c(C(=O)O)c(C)[nH]c12. The lowest BCUT2D eigenvalue weighted by atomic mass is 10.1. The van der Waals surface area contributed by atoms with Crippen LogP contribution in [0, 0.1) is 6.92 Å². The van der Waals surface area contributed by atoms with E-state index in [1.807, 2.05) is 0 Å². The highest BCUT2D eigenvalue weighted by atomic mass is 16.5. The maximum atomic E-state index is 11.0. The molecule has 0 aliphatic carbocycles. The second kappa shape index (κ2) is 3.31. The Kier molecular flexibility index (Phi) is 2.11. The molecule has 4 nitrogen and oxygen atoms in total. The molecule has 1 aromatic heterocycles. The molecule has 0 atom stereocenters. The van der Waals surface area contributed by atoms with Crippen molar-refractivity contribution in [1.29, 1.82) is 0 Å². The lowest BCUT2D eigenvalue weighted by Gasteiger charge is -2.00. The standard InChI is InChI=1S/C11H11NO3/c1-6-9(11(13)14)7-4-3-5-8(15-2)10(7)12-6/h3-5,12H,1-2H3,(H,13,14). The average molecular weight is 205 g/mol. The van der Waals surface area contributed by atoms with Crippen LogP contribution >= 0.6 is 0 Å². The van der Waals surface area contributed by atoms with Crippen molar-refractivity contribution in [1.82, 2.24) is 4.98 Å². The summed E-state index contributed by atoms with van der Waals surface area (Å²) in [6.45, 7) is 1.74. The third-order valence-corrected chi connectivity index (χ3v) is 2.42. The van der Waals surface area contributed by atoms with Crippen molar-refractivity contribution in [2.24, 2.45) is 0 Å². The summed E-state index contributed by atoms with van der Waals surface area (Å²) >= 11 is 0. The van der Waals surface area contributed by atoms with E-state index >= 15 is 0 Å². The molecule has 0 radical (unpaired) electrons. The second-order valence-corrected chi connectivity index (χ2v) is 3.31. The van der Waals surface area contributed by atoms with Gasteiger partial charge in [0.25, 0.3) is 0 Å². The summed E-state index contributed by atoms with van der Waals surface area (Å²) in [5, 5.41) is 9.74. The maximum absolute atomic E-state index is 11.0. The Balaban J connectivity index is 2.84. The Bertz CT molecular complexity index is 528. The first-order chi connectivity index (χ1) is 7.15. The van der Waals surface area contributed by atoms with Crippen LogP contribution in [-0.4, -0.2) is 23.2 Å². The van der Waals surface area contributed by atoms with E-state index in [4.69, 9.17) is 9.84 Å². The zero-order valence-corrected chi connectivity index (χ0v) is 8.50. The first-order valence-corrected chi connectivity index (χ1v) is 4.53. The van der Waals surface area contributed by atoms with Crippen molar-refractivity contribution in [3.05, 3.63) is 29.5 Å². The van der Waals surface area contributed by atoms with Gasteiger partial charge in [-0.15, -0.1) is 0 Å². The van der Waals surface area contributed by atoms with E-state index in [2.05, 4.69) is 4.98 Å². The highest BCUT2D eigenvalue weighted by Gasteiger charge is 2.16. The summed E-state index contributed by atoms with van der Waals surface area (Å²) < 4.78 is 5.15. The van der Waals surface area contributed by atoms with E-state index in [9.17, 15) is 4.79 Å². The number of fused-ring (bicyclic) bond motifs is 1. The van der Waals surface area contributed by atoms with Crippen molar-refractivity contribution in [2.45, 2.75) is 6.92 Å². The molecule has 2 rings (SSSR count). The molecular formula is C11H11NO3. The number of H-pyrrole nitrogens is 1. The molecule has 1 heterocycles. The van der Waals surface area contributed by atoms with Crippen molar-refractivity contribution >= 4 is 16.9 Å². The van der Waals surface area contributed by atoms with Gasteiger partial charge in [-0.25, -0.2) is 4.79 Å². The number of carbonyl (C=O) groups is 1. The number of aryl methyl sites for hydroxylation is 1. The first-order valence-electron chi connectivity index (χ1n) is 4.53. The van der Waals surface area contributed by atoms with Gasteiger partial charge in [-0.3, -0.25) is 0 Å².